The van der Waals surface area contributed by atoms with Gasteiger partial charge < -0.3 is 9.47 Å². The van der Waals surface area contributed by atoms with Gasteiger partial charge in [0.05, 0.1) is 23.6 Å². The van der Waals surface area contributed by atoms with E-state index < -0.39 is 0 Å². The van der Waals surface area contributed by atoms with Gasteiger partial charge >= 0.3 is 5.97 Å². The zero-order chi connectivity index (χ0) is 19.5. The molecule has 6 nitrogen and oxygen atoms in total. The smallest absolute Gasteiger partial charge is 0.337 e. The fraction of sp³-hybridized carbons (Fsp3) is 0.318. The molecule has 6 heteroatoms. The van der Waals surface area contributed by atoms with Crippen LogP contribution in [0.5, 0.6) is 5.75 Å². The van der Waals surface area contributed by atoms with Gasteiger partial charge in [0.25, 0.3) is 5.56 Å². The molecule has 2 heterocycles. The molecule has 144 valence electrons. The molecule has 0 spiro atoms. The number of carbonyl (C=O) groups is 1. The maximum absolute atomic E-state index is 12.9. The Bertz CT molecular complexity index is 1070. The summed E-state index contributed by atoms with van der Waals surface area (Å²) in [5.74, 6) is 1.14. The second kappa shape index (κ2) is 7.84. The second-order valence-corrected chi connectivity index (χ2v) is 6.95. The Morgan fingerprint density at radius 2 is 1.93 bits per heavy atom. The monoisotopic (exact) mass is 378 g/mol. The van der Waals surface area contributed by atoms with E-state index in [9.17, 15) is 9.59 Å². The van der Waals surface area contributed by atoms with E-state index in [1.165, 1.54) is 7.11 Å². The average Bonchev–Trinajstić information content (AvgIpc) is 2.98. The van der Waals surface area contributed by atoms with Crippen molar-refractivity contribution < 1.29 is 14.3 Å². The summed E-state index contributed by atoms with van der Waals surface area (Å²) in [6.45, 7) is 1.07. The number of carbonyl (C=O) groups excluding carboxylic acids is 1. The predicted octanol–water partition coefficient (Wildman–Crippen LogP) is 3.49. The van der Waals surface area contributed by atoms with Crippen LogP contribution in [-0.4, -0.2) is 22.6 Å². The van der Waals surface area contributed by atoms with E-state index in [1.54, 1.807) is 18.2 Å². The van der Waals surface area contributed by atoms with Gasteiger partial charge in [0.2, 0.25) is 0 Å². The number of fused-ring (bicyclic) bond motifs is 2. The lowest BCUT2D eigenvalue weighted by molar-refractivity contribution is 0.0600. The van der Waals surface area contributed by atoms with Crippen molar-refractivity contribution in [2.75, 3.05) is 7.11 Å². The van der Waals surface area contributed by atoms with Gasteiger partial charge in [-0.1, -0.05) is 18.6 Å². The quantitative estimate of drug-likeness (QED) is 0.650. The molecule has 2 aromatic carbocycles. The molecule has 0 fully saturated rings. The third-order valence-electron chi connectivity index (χ3n) is 5.07. The third-order valence-corrected chi connectivity index (χ3v) is 5.07. The Kier molecular flexibility index (Phi) is 5.10. The number of rotatable bonds is 4. The number of methoxy groups -OCH3 is 1. The molecule has 0 radical (unpaired) electrons. The van der Waals surface area contributed by atoms with Crippen molar-refractivity contribution in [1.29, 1.82) is 0 Å². The molecule has 1 aliphatic heterocycles. The molecule has 0 aliphatic carbocycles. The normalized spacial score (nSPS) is 13.6. The van der Waals surface area contributed by atoms with Crippen LogP contribution in [-0.2, 0) is 24.3 Å². The van der Waals surface area contributed by atoms with Crippen LogP contribution in [0.15, 0.2) is 47.3 Å². The zero-order valence-corrected chi connectivity index (χ0v) is 15.8. The number of hydrogen-bond donors (Lipinski definition) is 0. The molecule has 0 saturated heterocycles. The van der Waals surface area contributed by atoms with Crippen LogP contribution in [0.3, 0.4) is 0 Å². The Labute approximate surface area is 162 Å². The fourth-order valence-electron chi connectivity index (χ4n) is 3.51. The maximum atomic E-state index is 12.9. The highest BCUT2D eigenvalue weighted by Gasteiger charge is 2.14. The van der Waals surface area contributed by atoms with Crippen molar-refractivity contribution in [1.82, 2.24) is 9.55 Å². The van der Waals surface area contributed by atoms with Gasteiger partial charge in [-0.25, -0.2) is 9.78 Å². The summed E-state index contributed by atoms with van der Waals surface area (Å²) in [6.07, 6.45) is 4.07. The molecule has 1 aliphatic rings. The van der Waals surface area contributed by atoms with E-state index >= 15 is 0 Å². The Morgan fingerprint density at radius 3 is 2.71 bits per heavy atom. The van der Waals surface area contributed by atoms with Gasteiger partial charge in [-0.3, -0.25) is 9.36 Å². The highest BCUT2D eigenvalue weighted by molar-refractivity contribution is 5.89. The molecular formula is C22H22N2O4. The van der Waals surface area contributed by atoms with Gasteiger partial charge in [0.1, 0.15) is 18.2 Å². The number of nitrogens with zero attached hydrogens (tertiary/aromatic N) is 2. The van der Waals surface area contributed by atoms with Gasteiger partial charge in [-0.15, -0.1) is 0 Å². The highest BCUT2D eigenvalue weighted by Crippen LogP contribution is 2.20. The lowest BCUT2D eigenvalue weighted by Crippen LogP contribution is -2.24. The SMILES string of the molecule is COC(=O)c1ccc(COc2ccc3nc4n(c(=O)c3c2)CCCCC4)cc1. The number of benzene rings is 2. The van der Waals surface area contributed by atoms with Crippen LogP contribution in [0.2, 0.25) is 0 Å². The minimum atomic E-state index is -0.367. The van der Waals surface area contributed by atoms with Crippen molar-refractivity contribution in [2.24, 2.45) is 0 Å². The highest BCUT2D eigenvalue weighted by atomic mass is 16.5. The van der Waals surface area contributed by atoms with Crippen molar-refractivity contribution in [3.8, 4) is 5.75 Å². The summed E-state index contributed by atoms with van der Waals surface area (Å²) in [4.78, 5) is 29.1. The van der Waals surface area contributed by atoms with E-state index in [2.05, 4.69) is 0 Å². The lowest BCUT2D eigenvalue weighted by atomic mass is 10.1. The first-order valence-corrected chi connectivity index (χ1v) is 9.49. The van der Waals surface area contributed by atoms with Crippen LogP contribution in [0.4, 0.5) is 0 Å². The topological polar surface area (TPSA) is 70.4 Å². The van der Waals surface area contributed by atoms with E-state index in [1.807, 2.05) is 28.8 Å². The number of hydrogen-bond acceptors (Lipinski definition) is 5. The van der Waals surface area contributed by atoms with Crippen molar-refractivity contribution in [3.05, 3.63) is 69.8 Å². The first-order valence-electron chi connectivity index (χ1n) is 9.49. The second-order valence-electron chi connectivity index (χ2n) is 6.95. The van der Waals surface area contributed by atoms with Crippen LogP contribution < -0.4 is 10.3 Å². The third kappa shape index (κ3) is 3.63. The largest absolute Gasteiger partial charge is 0.489 e. The van der Waals surface area contributed by atoms with Crippen LogP contribution in [0.1, 0.15) is 41.0 Å². The molecule has 0 N–H and O–H groups in total. The molecule has 1 aromatic heterocycles. The number of aryl methyl sites for hydroxylation is 1. The Morgan fingerprint density at radius 1 is 1.11 bits per heavy atom. The van der Waals surface area contributed by atoms with E-state index in [4.69, 9.17) is 14.5 Å². The maximum Gasteiger partial charge on any atom is 0.337 e. The summed E-state index contributed by atoms with van der Waals surface area (Å²) in [5, 5.41) is 0.587. The summed E-state index contributed by atoms with van der Waals surface area (Å²) < 4.78 is 12.4. The van der Waals surface area contributed by atoms with Crippen molar-refractivity contribution in [2.45, 2.75) is 38.8 Å². The Balaban J connectivity index is 1.55. The first-order chi connectivity index (χ1) is 13.7. The van der Waals surface area contributed by atoms with Gasteiger partial charge in [0.15, 0.2) is 0 Å². The molecule has 3 aromatic rings. The van der Waals surface area contributed by atoms with Gasteiger partial charge in [-0.05, 0) is 48.7 Å². The molecular weight excluding hydrogens is 356 g/mol. The summed E-state index contributed by atoms with van der Waals surface area (Å²) in [7, 11) is 1.36. The molecule has 28 heavy (non-hydrogen) atoms. The number of aromatic nitrogens is 2. The lowest BCUT2D eigenvalue weighted by Gasteiger charge is -2.11. The molecule has 4 rings (SSSR count). The number of ether oxygens (including phenoxy) is 2. The Hall–Kier alpha value is -3.15. The summed E-state index contributed by atoms with van der Waals surface area (Å²) in [5.41, 5.74) is 2.14. The minimum Gasteiger partial charge on any atom is -0.489 e. The van der Waals surface area contributed by atoms with Crippen molar-refractivity contribution in [3.63, 3.8) is 0 Å². The van der Waals surface area contributed by atoms with Crippen LogP contribution >= 0.6 is 0 Å². The van der Waals surface area contributed by atoms with Gasteiger partial charge in [0, 0.05) is 13.0 Å². The first kappa shape index (κ1) is 18.2. The predicted molar refractivity (Wildman–Crippen MR) is 106 cm³/mol. The molecule has 0 atom stereocenters. The van der Waals surface area contributed by atoms with E-state index in [0.717, 1.165) is 43.6 Å². The van der Waals surface area contributed by atoms with E-state index in [-0.39, 0.29) is 11.5 Å². The van der Waals surface area contributed by atoms with E-state index in [0.29, 0.717) is 28.8 Å². The van der Waals surface area contributed by atoms with Gasteiger partial charge in [-0.2, -0.15) is 0 Å². The summed E-state index contributed by atoms with van der Waals surface area (Å²) >= 11 is 0. The number of esters is 1. The molecule has 0 bridgehead atoms. The zero-order valence-electron chi connectivity index (χ0n) is 15.8. The molecule has 0 unspecified atom stereocenters. The summed E-state index contributed by atoms with van der Waals surface area (Å²) in [6, 6.07) is 12.5. The standard InChI is InChI=1S/C22H22N2O4/c1-27-22(26)16-8-6-15(7-9-16)14-28-17-10-11-19-18(13-17)21(25)24-12-4-2-3-5-20(24)23-19/h6-11,13H,2-5,12,14H2,1H3. The average molecular weight is 378 g/mol. The fourth-order valence-corrected chi connectivity index (χ4v) is 3.51. The van der Waals surface area contributed by atoms with Crippen molar-refractivity contribution >= 4 is 16.9 Å². The molecule has 0 saturated carbocycles. The minimum absolute atomic E-state index is 0.00906. The molecule has 0 amide bonds. The van der Waals surface area contributed by atoms with Crippen LogP contribution in [0.25, 0.3) is 10.9 Å². The van der Waals surface area contributed by atoms with Crippen LogP contribution in [0, 0.1) is 0 Å².